The average Bonchev–Trinajstić information content (AvgIpc) is 2.67. The van der Waals surface area contributed by atoms with Crippen LogP contribution in [-0.4, -0.2) is 18.8 Å². The molecule has 6 heteroatoms. The monoisotopic (exact) mass is 270 g/mol. The highest BCUT2D eigenvalue weighted by atomic mass is 35.5. The van der Waals surface area contributed by atoms with E-state index in [0.717, 1.165) is 6.08 Å². The summed E-state index contributed by atoms with van der Waals surface area (Å²) in [4.78, 5) is 11.5. The van der Waals surface area contributed by atoms with Crippen LogP contribution in [-0.2, 0) is 9.53 Å². The van der Waals surface area contributed by atoms with E-state index in [2.05, 4.69) is 0 Å². The van der Waals surface area contributed by atoms with Gasteiger partial charge >= 0.3 is 12.1 Å². The predicted octanol–water partition coefficient (Wildman–Crippen LogP) is 3.51. The molecule has 1 fully saturated rings. The van der Waals surface area contributed by atoms with E-state index in [1.165, 1.54) is 0 Å². The number of carbonyl (C=O) groups is 1. The summed E-state index contributed by atoms with van der Waals surface area (Å²) in [6.45, 7) is 5.31. The van der Waals surface area contributed by atoms with Crippen molar-refractivity contribution in [2.24, 2.45) is 17.3 Å². The maximum absolute atomic E-state index is 12.2. The largest absolute Gasteiger partial charge is 0.466 e. The number of ether oxygens (including phenoxy) is 1. The van der Waals surface area contributed by atoms with Crippen molar-refractivity contribution in [3.8, 4) is 0 Å². The molecule has 0 N–H and O–H groups in total. The van der Waals surface area contributed by atoms with Gasteiger partial charge in [-0.25, -0.2) is 0 Å². The molecule has 0 aliphatic heterocycles. The Labute approximate surface area is 103 Å². The molecule has 0 bridgehead atoms. The van der Waals surface area contributed by atoms with Gasteiger partial charge in [0.15, 0.2) is 0 Å². The number of hydrogen-bond donors (Lipinski definition) is 0. The molecule has 0 aromatic carbocycles. The topological polar surface area (TPSA) is 26.3 Å². The Kier molecular flexibility index (Phi) is 3.81. The zero-order valence-corrected chi connectivity index (χ0v) is 10.5. The lowest BCUT2D eigenvalue weighted by Gasteiger charge is -2.04. The fourth-order valence-electron chi connectivity index (χ4n) is 1.92. The lowest BCUT2D eigenvalue weighted by atomic mass is 10.1. The SMILES string of the molecule is CCOC(=O)[C@@H]1[C@H](/C=C(/Cl)C(F)(F)F)C1(C)C. The van der Waals surface area contributed by atoms with Gasteiger partial charge in [0.2, 0.25) is 0 Å². The number of carbonyl (C=O) groups excluding carboxylic acids is 1. The number of allylic oxidation sites excluding steroid dienone is 2. The highest BCUT2D eigenvalue weighted by Crippen LogP contribution is 2.60. The van der Waals surface area contributed by atoms with Gasteiger partial charge in [-0.15, -0.1) is 0 Å². The van der Waals surface area contributed by atoms with E-state index < -0.39 is 34.4 Å². The van der Waals surface area contributed by atoms with E-state index in [1.807, 2.05) is 0 Å². The second-order valence-electron chi connectivity index (χ2n) is 4.59. The van der Waals surface area contributed by atoms with Crippen LogP contribution in [0.2, 0.25) is 0 Å². The third-order valence-electron chi connectivity index (χ3n) is 3.05. The predicted molar refractivity (Wildman–Crippen MR) is 57.4 cm³/mol. The van der Waals surface area contributed by atoms with Crippen molar-refractivity contribution in [1.29, 1.82) is 0 Å². The van der Waals surface area contributed by atoms with Crippen LogP contribution in [0.1, 0.15) is 20.8 Å². The first-order valence-electron chi connectivity index (χ1n) is 5.23. The van der Waals surface area contributed by atoms with E-state index in [9.17, 15) is 18.0 Å². The van der Waals surface area contributed by atoms with Crippen LogP contribution < -0.4 is 0 Å². The van der Waals surface area contributed by atoms with Gasteiger partial charge in [-0.1, -0.05) is 31.5 Å². The average molecular weight is 271 g/mol. The van der Waals surface area contributed by atoms with Crippen LogP contribution in [0.3, 0.4) is 0 Å². The maximum Gasteiger partial charge on any atom is 0.426 e. The van der Waals surface area contributed by atoms with Gasteiger partial charge in [0.25, 0.3) is 0 Å². The van der Waals surface area contributed by atoms with Crippen LogP contribution >= 0.6 is 11.6 Å². The van der Waals surface area contributed by atoms with Crippen molar-refractivity contribution in [3.63, 3.8) is 0 Å². The van der Waals surface area contributed by atoms with Crippen molar-refractivity contribution < 1.29 is 22.7 Å². The number of rotatable bonds is 3. The third kappa shape index (κ3) is 2.94. The molecule has 0 radical (unpaired) electrons. The van der Waals surface area contributed by atoms with E-state index in [0.29, 0.717) is 0 Å². The molecular formula is C11H14ClF3O2. The van der Waals surface area contributed by atoms with Gasteiger partial charge in [-0.05, 0) is 18.3 Å². The summed E-state index contributed by atoms with van der Waals surface area (Å²) in [6.07, 6.45) is -3.65. The fourth-order valence-corrected chi connectivity index (χ4v) is 2.06. The van der Waals surface area contributed by atoms with Crippen molar-refractivity contribution in [3.05, 3.63) is 11.1 Å². The molecule has 0 saturated heterocycles. The first-order valence-corrected chi connectivity index (χ1v) is 5.61. The number of alkyl halides is 3. The molecule has 1 aliphatic rings. The highest BCUT2D eigenvalue weighted by molar-refractivity contribution is 6.30. The summed E-state index contributed by atoms with van der Waals surface area (Å²) in [5.41, 5.74) is -0.530. The molecular weight excluding hydrogens is 257 g/mol. The van der Waals surface area contributed by atoms with E-state index in [4.69, 9.17) is 16.3 Å². The van der Waals surface area contributed by atoms with Gasteiger partial charge in [0.05, 0.1) is 12.5 Å². The van der Waals surface area contributed by atoms with E-state index in [-0.39, 0.29) is 6.61 Å². The summed E-state index contributed by atoms with van der Waals surface area (Å²) >= 11 is 5.15. The lowest BCUT2D eigenvalue weighted by molar-refractivity contribution is -0.145. The highest BCUT2D eigenvalue weighted by Gasteiger charge is 2.62. The Hall–Kier alpha value is -0.710. The second kappa shape index (κ2) is 4.52. The van der Waals surface area contributed by atoms with E-state index in [1.54, 1.807) is 20.8 Å². The summed E-state index contributed by atoms with van der Waals surface area (Å²) in [5, 5.41) is -1.18. The van der Waals surface area contributed by atoms with Crippen LogP contribution in [0, 0.1) is 17.3 Å². The van der Waals surface area contributed by atoms with E-state index >= 15 is 0 Å². The molecule has 2 nitrogen and oxygen atoms in total. The fraction of sp³-hybridized carbons (Fsp3) is 0.727. The first-order chi connectivity index (χ1) is 7.62. The molecule has 1 rings (SSSR count). The Morgan fingerprint density at radius 1 is 1.47 bits per heavy atom. The summed E-state index contributed by atoms with van der Waals surface area (Å²) in [7, 11) is 0. The molecule has 98 valence electrons. The van der Waals surface area contributed by atoms with Gasteiger partial charge in [-0.3, -0.25) is 4.79 Å². The minimum Gasteiger partial charge on any atom is -0.466 e. The van der Waals surface area contributed by atoms with Gasteiger partial charge < -0.3 is 4.74 Å². The zero-order valence-electron chi connectivity index (χ0n) is 9.77. The minimum atomic E-state index is -4.56. The molecule has 0 heterocycles. The van der Waals surface area contributed by atoms with Crippen LogP contribution in [0.4, 0.5) is 13.2 Å². The molecule has 0 spiro atoms. The van der Waals surface area contributed by atoms with Crippen LogP contribution in [0.25, 0.3) is 0 Å². The molecule has 17 heavy (non-hydrogen) atoms. The molecule has 0 unspecified atom stereocenters. The number of hydrogen-bond acceptors (Lipinski definition) is 2. The Morgan fingerprint density at radius 3 is 2.41 bits per heavy atom. The third-order valence-corrected chi connectivity index (χ3v) is 3.39. The standard InChI is InChI=1S/C11H14ClF3O2/c1-4-17-9(16)8-6(10(8,2)3)5-7(12)11(13,14)15/h5-6,8H,4H2,1-3H3/b7-5+/t6-,8-/m0/s1. The molecule has 1 saturated carbocycles. The first kappa shape index (κ1) is 14.4. The number of esters is 1. The molecule has 0 aromatic heterocycles. The van der Waals surface area contributed by atoms with Crippen molar-refractivity contribution in [2.45, 2.75) is 26.9 Å². The molecule has 0 aromatic rings. The second-order valence-corrected chi connectivity index (χ2v) is 5.00. The number of halogens is 4. The van der Waals surface area contributed by atoms with Gasteiger partial charge in [0.1, 0.15) is 5.03 Å². The normalized spacial score (nSPS) is 27.8. The van der Waals surface area contributed by atoms with Gasteiger partial charge in [-0.2, -0.15) is 13.2 Å². The van der Waals surface area contributed by atoms with Gasteiger partial charge in [0, 0.05) is 0 Å². The summed E-state index contributed by atoms with van der Waals surface area (Å²) in [5.74, 6) is -1.53. The van der Waals surface area contributed by atoms with Crippen LogP contribution in [0.5, 0.6) is 0 Å². The molecule has 1 aliphatic carbocycles. The minimum absolute atomic E-state index is 0.217. The maximum atomic E-state index is 12.2. The quantitative estimate of drug-likeness (QED) is 0.734. The summed E-state index contributed by atoms with van der Waals surface area (Å²) in [6, 6.07) is 0. The molecule has 0 amide bonds. The zero-order chi connectivity index (χ0) is 13.4. The Bertz CT molecular complexity index is 347. The summed E-state index contributed by atoms with van der Waals surface area (Å²) < 4.78 is 41.6. The Morgan fingerprint density at radius 2 is 2.00 bits per heavy atom. The van der Waals surface area contributed by atoms with Crippen molar-refractivity contribution in [2.75, 3.05) is 6.61 Å². The van der Waals surface area contributed by atoms with Crippen LogP contribution in [0.15, 0.2) is 11.1 Å². The smallest absolute Gasteiger partial charge is 0.426 e. The van der Waals surface area contributed by atoms with Crippen molar-refractivity contribution in [1.82, 2.24) is 0 Å². The molecule has 2 atom stereocenters. The van der Waals surface area contributed by atoms with Crippen molar-refractivity contribution >= 4 is 17.6 Å². The Balaban J connectivity index is 2.79. The lowest BCUT2D eigenvalue weighted by Crippen LogP contribution is -2.10.